The zero-order chi connectivity index (χ0) is 12.8. The average molecular weight is 238 g/mol. The van der Waals surface area contributed by atoms with Gasteiger partial charge in [0.15, 0.2) is 0 Å². The lowest BCUT2D eigenvalue weighted by atomic mass is 10.1. The van der Waals surface area contributed by atoms with Crippen molar-refractivity contribution >= 4 is 5.91 Å². The van der Waals surface area contributed by atoms with Crippen molar-refractivity contribution in [3.63, 3.8) is 0 Å². The van der Waals surface area contributed by atoms with Crippen molar-refractivity contribution < 1.29 is 9.18 Å². The summed E-state index contributed by atoms with van der Waals surface area (Å²) >= 11 is 0. The van der Waals surface area contributed by atoms with Crippen molar-refractivity contribution in [2.75, 3.05) is 34.2 Å². The molecule has 4 heteroatoms. The largest absolute Gasteiger partial charge is 0.344 e. The van der Waals surface area contributed by atoms with Crippen molar-refractivity contribution in [2.24, 2.45) is 0 Å². The molecule has 17 heavy (non-hydrogen) atoms. The lowest BCUT2D eigenvalue weighted by Crippen LogP contribution is -2.34. The van der Waals surface area contributed by atoms with Gasteiger partial charge in [0.2, 0.25) is 5.91 Å². The molecule has 0 aromatic heterocycles. The van der Waals surface area contributed by atoms with Crippen LogP contribution in [0, 0.1) is 5.82 Å². The van der Waals surface area contributed by atoms with E-state index in [1.54, 1.807) is 30.1 Å². The normalized spacial score (nSPS) is 10.6. The van der Waals surface area contributed by atoms with E-state index >= 15 is 0 Å². The van der Waals surface area contributed by atoms with E-state index in [1.165, 1.54) is 6.07 Å². The van der Waals surface area contributed by atoms with E-state index in [0.717, 1.165) is 6.54 Å². The molecule has 0 N–H and O–H groups in total. The van der Waals surface area contributed by atoms with Crippen LogP contribution in [0.15, 0.2) is 24.3 Å². The third-order valence-electron chi connectivity index (χ3n) is 2.61. The highest BCUT2D eigenvalue weighted by Crippen LogP contribution is 2.08. The Morgan fingerprint density at radius 2 is 1.82 bits per heavy atom. The van der Waals surface area contributed by atoms with Gasteiger partial charge in [-0.3, -0.25) is 4.79 Å². The molecule has 0 bridgehead atoms. The number of halogens is 1. The lowest BCUT2D eigenvalue weighted by molar-refractivity contribution is -0.129. The topological polar surface area (TPSA) is 23.6 Å². The molecule has 3 nitrogen and oxygen atoms in total. The summed E-state index contributed by atoms with van der Waals surface area (Å²) in [6.45, 7) is 1.46. The minimum atomic E-state index is -0.318. The first-order valence-electron chi connectivity index (χ1n) is 5.63. The molecule has 0 saturated carbocycles. The van der Waals surface area contributed by atoms with E-state index in [1.807, 2.05) is 19.0 Å². The molecule has 0 aliphatic carbocycles. The molecule has 1 aromatic carbocycles. The molecule has 0 aliphatic rings. The van der Waals surface area contributed by atoms with Crippen molar-refractivity contribution in [2.45, 2.75) is 6.42 Å². The smallest absolute Gasteiger partial charge is 0.226 e. The van der Waals surface area contributed by atoms with Crippen LogP contribution in [0.2, 0.25) is 0 Å². The van der Waals surface area contributed by atoms with E-state index in [-0.39, 0.29) is 18.1 Å². The van der Waals surface area contributed by atoms with Gasteiger partial charge in [0.25, 0.3) is 0 Å². The molecule has 0 aliphatic heterocycles. The van der Waals surface area contributed by atoms with E-state index < -0.39 is 0 Å². The summed E-state index contributed by atoms with van der Waals surface area (Å²) in [6.07, 6.45) is 0.122. The summed E-state index contributed by atoms with van der Waals surface area (Å²) in [5.41, 5.74) is 0.453. The van der Waals surface area contributed by atoms with Crippen LogP contribution >= 0.6 is 0 Å². The maximum atomic E-state index is 13.3. The third-order valence-corrected chi connectivity index (χ3v) is 2.61. The minimum absolute atomic E-state index is 0.0584. The number of carbonyl (C=O) groups excluding carboxylic acids is 1. The lowest BCUT2D eigenvalue weighted by Gasteiger charge is -2.19. The van der Waals surface area contributed by atoms with Gasteiger partial charge in [-0.15, -0.1) is 0 Å². The van der Waals surface area contributed by atoms with Crippen LogP contribution in [-0.2, 0) is 11.2 Å². The molecule has 0 atom stereocenters. The van der Waals surface area contributed by atoms with Gasteiger partial charge in [0, 0.05) is 20.1 Å². The molecule has 0 unspecified atom stereocenters. The number of amides is 1. The molecule has 0 spiro atoms. The van der Waals surface area contributed by atoms with Gasteiger partial charge < -0.3 is 9.80 Å². The van der Waals surface area contributed by atoms with E-state index in [4.69, 9.17) is 0 Å². The first-order valence-corrected chi connectivity index (χ1v) is 5.63. The van der Waals surface area contributed by atoms with Crippen LogP contribution < -0.4 is 0 Å². The van der Waals surface area contributed by atoms with Crippen LogP contribution in [0.4, 0.5) is 4.39 Å². The molecule has 1 rings (SSSR count). The summed E-state index contributed by atoms with van der Waals surface area (Å²) < 4.78 is 13.3. The predicted octanol–water partition coefficient (Wildman–Crippen LogP) is 1.39. The molecule has 0 saturated heterocycles. The quantitative estimate of drug-likeness (QED) is 0.774. The molecule has 1 aromatic rings. The van der Waals surface area contributed by atoms with Gasteiger partial charge in [-0.05, 0) is 25.7 Å². The van der Waals surface area contributed by atoms with Crippen molar-refractivity contribution in [3.05, 3.63) is 35.6 Å². The van der Waals surface area contributed by atoms with Gasteiger partial charge in [-0.2, -0.15) is 0 Å². The maximum absolute atomic E-state index is 13.3. The number of carbonyl (C=O) groups is 1. The number of nitrogens with zero attached hydrogens (tertiary/aromatic N) is 2. The first-order chi connectivity index (χ1) is 8.00. The predicted molar refractivity (Wildman–Crippen MR) is 66.3 cm³/mol. The van der Waals surface area contributed by atoms with E-state index in [9.17, 15) is 9.18 Å². The number of hydrogen-bond donors (Lipinski definition) is 0. The highest BCUT2D eigenvalue weighted by molar-refractivity contribution is 5.78. The second-order valence-electron chi connectivity index (χ2n) is 4.39. The van der Waals surface area contributed by atoms with Crippen molar-refractivity contribution in [1.82, 2.24) is 9.80 Å². The van der Waals surface area contributed by atoms with Gasteiger partial charge in [0.05, 0.1) is 6.42 Å². The minimum Gasteiger partial charge on any atom is -0.344 e. The Morgan fingerprint density at radius 3 is 2.41 bits per heavy atom. The second-order valence-corrected chi connectivity index (χ2v) is 4.39. The average Bonchev–Trinajstić information content (AvgIpc) is 2.28. The highest BCUT2D eigenvalue weighted by atomic mass is 19.1. The Bertz CT molecular complexity index is 379. The van der Waals surface area contributed by atoms with Crippen LogP contribution in [0.5, 0.6) is 0 Å². The molecule has 0 radical (unpaired) electrons. The molecule has 0 heterocycles. The van der Waals surface area contributed by atoms with Crippen LogP contribution in [0.1, 0.15) is 5.56 Å². The molecular formula is C13H19FN2O. The molecular weight excluding hydrogens is 219 g/mol. The Hall–Kier alpha value is -1.42. The molecule has 0 fully saturated rings. The Morgan fingerprint density at radius 1 is 1.18 bits per heavy atom. The number of benzene rings is 1. The van der Waals surface area contributed by atoms with E-state index in [0.29, 0.717) is 12.1 Å². The standard InChI is InChI=1S/C13H19FN2O/c1-15(2)8-9-16(3)13(17)10-11-6-4-5-7-12(11)14/h4-7H,8-10H2,1-3H3. The molecule has 1 amide bonds. The summed E-state index contributed by atoms with van der Waals surface area (Å²) in [4.78, 5) is 15.5. The zero-order valence-corrected chi connectivity index (χ0v) is 10.6. The zero-order valence-electron chi connectivity index (χ0n) is 10.6. The van der Waals surface area contributed by atoms with Gasteiger partial charge in [-0.1, -0.05) is 18.2 Å². The van der Waals surface area contributed by atoms with Crippen molar-refractivity contribution in [3.8, 4) is 0 Å². The van der Waals surface area contributed by atoms with Crippen LogP contribution in [0.25, 0.3) is 0 Å². The Balaban J connectivity index is 2.52. The Kier molecular flexibility index (Phi) is 5.10. The summed E-state index contributed by atoms with van der Waals surface area (Å²) in [7, 11) is 5.65. The summed E-state index contributed by atoms with van der Waals surface area (Å²) in [5.74, 6) is -0.376. The van der Waals surface area contributed by atoms with Gasteiger partial charge in [-0.25, -0.2) is 4.39 Å². The number of likely N-dealkylation sites (N-methyl/N-ethyl adjacent to an activating group) is 2. The monoisotopic (exact) mass is 238 g/mol. The number of rotatable bonds is 5. The molecule has 94 valence electrons. The third kappa shape index (κ3) is 4.53. The van der Waals surface area contributed by atoms with Crippen LogP contribution in [0.3, 0.4) is 0 Å². The first kappa shape index (κ1) is 13.6. The summed E-state index contributed by atoms with van der Waals surface area (Å²) in [5, 5.41) is 0. The Labute approximate surface area is 102 Å². The fraction of sp³-hybridized carbons (Fsp3) is 0.462. The summed E-state index contributed by atoms with van der Waals surface area (Å²) in [6, 6.07) is 6.39. The second kappa shape index (κ2) is 6.35. The van der Waals surface area contributed by atoms with Crippen LogP contribution in [-0.4, -0.2) is 49.9 Å². The SMILES string of the molecule is CN(C)CCN(C)C(=O)Cc1ccccc1F. The number of hydrogen-bond acceptors (Lipinski definition) is 2. The van der Waals surface area contributed by atoms with Gasteiger partial charge in [0.1, 0.15) is 5.82 Å². The maximum Gasteiger partial charge on any atom is 0.226 e. The fourth-order valence-corrected chi connectivity index (χ4v) is 1.41. The van der Waals surface area contributed by atoms with Crippen molar-refractivity contribution in [1.29, 1.82) is 0 Å². The van der Waals surface area contributed by atoms with E-state index in [2.05, 4.69) is 0 Å². The van der Waals surface area contributed by atoms with Gasteiger partial charge >= 0.3 is 0 Å². The fourth-order valence-electron chi connectivity index (χ4n) is 1.41. The highest BCUT2D eigenvalue weighted by Gasteiger charge is 2.11.